The zero-order valence-corrected chi connectivity index (χ0v) is 20.1. The SMILES string of the molecule is Cc1ccc(N2C(=O)C(Cl)=C(Nc3ccc(CC(=O)Nc4cccc(Cl)c4)cc3)C2=O)cc1Cl. The summed E-state index contributed by atoms with van der Waals surface area (Å²) in [6.45, 7) is 1.82. The Balaban J connectivity index is 1.43. The van der Waals surface area contributed by atoms with Gasteiger partial charge >= 0.3 is 0 Å². The van der Waals surface area contributed by atoms with Gasteiger partial charge in [-0.2, -0.15) is 0 Å². The lowest BCUT2D eigenvalue weighted by Crippen LogP contribution is -2.32. The number of amides is 3. The number of imide groups is 1. The van der Waals surface area contributed by atoms with E-state index in [0.29, 0.717) is 27.1 Å². The molecule has 3 aromatic rings. The number of anilines is 3. The second-order valence-electron chi connectivity index (χ2n) is 7.63. The predicted octanol–water partition coefficient (Wildman–Crippen LogP) is 5.92. The second kappa shape index (κ2) is 9.89. The molecule has 0 aromatic heterocycles. The molecule has 3 aromatic carbocycles. The molecule has 0 unspecified atom stereocenters. The highest BCUT2D eigenvalue weighted by atomic mass is 35.5. The number of hydrogen-bond donors (Lipinski definition) is 2. The van der Waals surface area contributed by atoms with Gasteiger partial charge in [-0.3, -0.25) is 14.4 Å². The van der Waals surface area contributed by atoms with Crippen molar-refractivity contribution in [2.24, 2.45) is 0 Å². The van der Waals surface area contributed by atoms with Gasteiger partial charge in [-0.15, -0.1) is 0 Å². The maximum Gasteiger partial charge on any atom is 0.283 e. The minimum atomic E-state index is -0.636. The molecule has 0 atom stereocenters. The van der Waals surface area contributed by atoms with Crippen LogP contribution in [0.5, 0.6) is 0 Å². The van der Waals surface area contributed by atoms with E-state index < -0.39 is 11.8 Å². The van der Waals surface area contributed by atoms with Crippen molar-refractivity contribution in [3.63, 3.8) is 0 Å². The van der Waals surface area contributed by atoms with Crippen LogP contribution in [0, 0.1) is 6.92 Å². The molecule has 2 N–H and O–H groups in total. The van der Waals surface area contributed by atoms with E-state index >= 15 is 0 Å². The number of nitrogens with zero attached hydrogens (tertiary/aromatic N) is 1. The number of benzene rings is 3. The molecule has 0 saturated carbocycles. The Kier molecular flexibility index (Phi) is 6.93. The third-order valence-corrected chi connectivity index (χ3v) is 6.13. The number of rotatable bonds is 6. The van der Waals surface area contributed by atoms with Gasteiger partial charge in [0.25, 0.3) is 11.8 Å². The Morgan fingerprint density at radius 2 is 1.62 bits per heavy atom. The van der Waals surface area contributed by atoms with Crippen molar-refractivity contribution in [2.45, 2.75) is 13.3 Å². The van der Waals surface area contributed by atoms with Crippen molar-refractivity contribution < 1.29 is 14.4 Å². The first-order chi connectivity index (χ1) is 16.2. The highest BCUT2D eigenvalue weighted by Gasteiger charge is 2.39. The number of hydrogen-bond acceptors (Lipinski definition) is 4. The third-order valence-electron chi connectivity index (χ3n) is 5.14. The number of aryl methyl sites for hydroxylation is 1. The fourth-order valence-electron chi connectivity index (χ4n) is 3.37. The minimum Gasteiger partial charge on any atom is -0.350 e. The summed E-state index contributed by atoms with van der Waals surface area (Å²) in [6.07, 6.45) is 0.148. The summed E-state index contributed by atoms with van der Waals surface area (Å²) >= 11 is 18.3. The van der Waals surface area contributed by atoms with Gasteiger partial charge in [0.1, 0.15) is 10.7 Å². The van der Waals surface area contributed by atoms with Crippen molar-refractivity contribution in [1.82, 2.24) is 0 Å². The van der Waals surface area contributed by atoms with Gasteiger partial charge in [0, 0.05) is 21.4 Å². The summed E-state index contributed by atoms with van der Waals surface area (Å²) in [5.41, 5.74) is 3.04. The molecule has 0 radical (unpaired) electrons. The van der Waals surface area contributed by atoms with Crippen molar-refractivity contribution in [3.8, 4) is 0 Å². The van der Waals surface area contributed by atoms with E-state index in [4.69, 9.17) is 34.8 Å². The third kappa shape index (κ3) is 5.09. The van der Waals surface area contributed by atoms with E-state index in [1.807, 2.05) is 6.92 Å². The van der Waals surface area contributed by atoms with Crippen LogP contribution in [0.4, 0.5) is 17.1 Å². The molecule has 1 heterocycles. The topological polar surface area (TPSA) is 78.5 Å². The average Bonchev–Trinajstić information content (AvgIpc) is 3.00. The maximum atomic E-state index is 12.9. The smallest absolute Gasteiger partial charge is 0.283 e. The summed E-state index contributed by atoms with van der Waals surface area (Å²) in [6, 6.07) is 18.7. The highest BCUT2D eigenvalue weighted by molar-refractivity contribution is 6.53. The van der Waals surface area contributed by atoms with Gasteiger partial charge in [0.05, 0.1) is 12.1 Å². The Hall–Kier alpha value is -3.32. The number of carbonyl (C=O) groups is 3. The molecule has 3 amide bonds. The normalized spacial score (nSPS) is 13.5. The van der Waals surface area contributed by atoms with Gasteiger partial charge in [-0.1, -0.05) is 59.1 Å². The molecule has 6 nitrogen and oxygen atoms in total. The molecule has 0 saturated heterocycles. The van der Waals surface area contributed by atoms with Crippen LogP contribution in [0.3, 0.4) is 0 Å². The Bertz CT molecular complexity index is 1340. The lowest BCUT2D eigenvalue weighted by atomic mass is 10.1. The van der Waals surface area contributed by atoms with E-state index in [9.17, 15) is 14.4 Å². The first-order valence-electron chi connectivity index (χ1n) is 10.2. The van der Waals surface area contributed by atoms with E-state index in [2.05, 4.69) is 10.6 Å². The largest absolute Gasteiger partial charge is 0.350 e. The van der Waals surface area contributed by atoms with Crippen LogP contribution >= 0.6 is 34.8 Å². The van der Waals surface area contributed by atoms with Crippen LogP contribution in [0.1, 0.15) is 11.1 Å². The molecule has 34 heavy (non-hydrogen) atoms. The first kappa shape index (κ1) is 23.8. The Morgan fingerprint density at radius 3 is 2.29 bits per heavy atom. The quantitative estimate of drug-likeness (QED) is 0.400. The molecule has 172 valence electrons. The lowest BCUT2D eigenvalue weighted by Gasteiger charge is -2.16. The lowest BCUT2D eigenvalue weighted by molar-refractivity contribution is -0.120. The van der Waals surface area contributed by atoms with E-state index in [1.165, 1.54) is 0 Å². The fraction of sp³-hybridized carbons (Fsp3) is 0.0800. The monoisotopic (exact) mass is 513 g/mol. The summed E-state index contributed by atoms with van der Waals surface area (Å²) in [4.78, 5) is 38.9. The van der Waals surface area contributed by atoms with Crippen molar-refractivity contribution in [2.75, 3.05) is 15.5 Å². The van der Waals surface area contributed by atoms with E-state index in [0.717, 1.165) is 16.0 Å². The highest BCUT2D eigenvalue weighted by Crippen LogP contribution is 2.32. The van der Waals surface area contributed by atoms with Crippen LogP contribution < -0.4 is 15.5 Å². The van der Waals surface area contributed by atoms with Crippen LogP contribution in [-0.4, -0.2) is 17.7 Å². The van der Waals surface area contributed by atoms with E-state index in [1.54, 1.807) is 66.7 Å². The zero-order chi connectivity index (χ0) is 24.4. The summed E-state index contributed by atoms with van der Waals surface area (Å²) < 4.78 is 0. The molecular weight excluding hydrogens is 497 g/mol. The molecule has 0 spiro atoms. The van der Waals surface area contributed by atoms with Crippen molar-refractivity contribution in [1.29, 1.82) is 0 Å². The summed E-state index contributed by atoms with van der Waals surface area (Å²) in [5, 5.41) is 6.45. The number of halogens is 3. The zero-order valence-electron chi connectivity index (χ0n) is 17.9. The molecular formula is C25H18Cl3N3O3. The van der Waals surface area contributed by atoms with Gasteiger partial charge < -0.3 is 10.6 Å². The first-order valence-corrected chi connectivity index (χ1v) is 11.3. The predicted molar refractivity (Wildman–Crippen MR) is 135 cm³/mol. The summed E-state index contributed by atoms with van der Waals surface area (Å²) in [7, 11) is 0. The maximum absolute atomic E-state index is 12.9. The van der Waals surface area contributed by atoms with Gasteiger partial charge in [-0.05, 0) is 60.5 Å². The van der Waals surface area contributed by atoms with Gasteiger partial charge in [0.2, 0.25) is 5.91 Å². The minimum absolute atomic E-state index is 0.0326. The van der Waals surface area contributed by atoms with Crippen LogP contribution in [0.2, 0.25) is 10.0 Å². The van der Waals surface area contributed by atoms with E-state index in [-0.39, 0.29) is 23.1 Å². The molecule has 0 fully saturated rings. The van der Waals surface area contributed by atoms with Crippen molar-refractivity contribution >= 4 is 69.6 Å². The van der Waals surface area contributed by atoms with Crippen LogP contribution in [0.15, 0.2) is 77.5 Å². The van der Waals surface area contributed by atoms with Crippen LogP contribution in [-0.2, 0) is 20.8 Å². The summed E-state index contributed by atoms with van der Waals surface area (Å²) in [5.74, 6) is -1.42. The number of carbonyl (C=O) groups excluding carboxylic acids is 3. The molecule has 4 rings (SSSR count). The number of nitrogens with one attached hydrogen (secondary N) is 2. The fourth-order valence-corrected chi connectivity index (χ4v) is 3.95. The Labute approximate surface area is 211 Å². The molecule has 9 heteroatoms. The second-order valence-corrected chi connectivity index (χ2v) is 8.85. The molecule has 0 aliphatic carbocycles. The van der Waals surface area contributed by atoms with Gasteiger partial charge in [0.15, 0.2) is 0 Å². The average molecular weight is 515 g/mol. The van der Waals surface area contributed by atoms with Crippen molar-refractivity contribution in [3.05, 3.63) is 98.6 Å². The standard InChI is InChI=1S/C25H18Cl3N3O3/c1-14-5-10-19(13-20(14)27)31-24(33)22(28)23(25(31)34)30-17-8-6-15(7-9-17)11-21(32)29-18-4-2-3-16(26)12-18/h2-10,12-13,30H,11H2,1H3,(H,29,32). The molecule has 0 bridgehead atoms. The van der Waals surface area contributed by atoms with Gasteiger partial charge in [-0.25, -0.2) is 4.90 Å². The molecule has 1 aliphatic heterocycles. The van der Waals surface area contributed by atoms with Crippen LogP contribution in [0.25, 0.3) is 0 Å². The molecule has 1 aliphatic rings. The Morgan fingerprint density at radius 1 is 0.882 bits per heavy atom.